The van der Waals surface area contributed by atoms with Gasteiger partial charge in [0.15, 0.2) is 0 Å². The second-order valence-corrected chi connectivity index (χ2v) is 10.0. The molecule has 1 fully saturated rings. The van der Waals surface area contributed by atoms with Crippen molar-refractivity contribution in [2.75, 3.05) is 32.2 Å². The van der Waals surface area contributed by atoms with E-state index in [-0.39, 0.29) is 11.8 Å². The van der Waals surface area contributed by atoms with Crippen LogP contribution in [0.3, 0.4) is 0 Å². The van der Waals surface area contributed by atoms with Gasteiger partial charge >= 0.3 is 0 Å². The molecule has 0 radical (unpaired) electrons. The molecule has 0 bridgehead atoms. The highest BCUT2D eigenvalue weighted by Gasteiger charge is 2.32. The van der Waals surface area contributed by atoms with E-state index in [1.807, 2.05) is 31.2 Å². The van der Waals surface area contributed by atoms with Crippen LogP contribution in [0.25, 0.3) is 0 Å². The summed E-state index contributed by atoms with van der Waals surface area (Å²) in [4.78, 5) is 26.4. The van der Waals surface area contributed by atoms with Gasteiger partial charge in [-0.3, -0.25) is 9.59 Å². The van der Waals surface area contributed by atoms with Crippen LogP contribution in [0.4, 0.5) is 0 Å². The summed E-state index contributed by atoms with van der Waals surface area (Å²) in [5.41, 5.74) is 2.53. The summed E-state index contributed by atoms with van der Waals surface area (Å²) in [6, 6.07) is 14.5. The van der Waals surface area contributed by atoms with Gasteiger partial charge in [0, 0.05) is 36.6 Å². The number of benzene rings is 2. The lowest BCUT2D eigenvalue weighted by atomic mass is 10.0. The summed E-state index contributed by atoms with van der Waals surface area (Å²) in [6.07, 6.45) is 1.88. The normalized spacial score (nSPS) is 15.9. The Kier molecular flexibility index (Phi) is 6.37. The zero-order valence-corrected chi connectivity index (χ0v) is 17.8. The predicted molar refractivity (Wildman–Crippen MR) is 114 cm³/mol. The number of aryl methyl sites for hydroxylation is 1. The van der Waals surface area contributed by atoms with E-state index >= 15 is 0 Å². The smallest absolute Gasteiger partial charge is 0.285 e. The van der Waals surface area contributed by atoms with E-state index in [1.54, 1.807) is 36.3 Å². The molecule has 1 atom stereocenters. The highest BCUT2D eigenvalue weighted by molar-refractivity contribution is 7.93. The molecule has 1 saturated heterocycles. The first-order chi connectivity index (χ1) is 13.8. The Morgan fingerprint density at radius 3 is 2.31 bits per heavy atom. The second kappa shape index (κ2) is 8.78. The number of nitrogens with zero attached hydrogens (tertiary/aromatic N) is 2. The number of amides is 2. The van der Waals surface area contributed by atoms with Gasteiger partial charge in [-0.25, -0.2) is 4.21 Å². The molecule has 2 amide bonds. The van der Waals surface area contributed by atoms with Crippen molar-refractivity contribution in [3.8, 4) is 5.75 Å². The van der Waals surface area contributed by atoms with Crippen LogP contribution in [0.5, 0.6) is 5.75 Å². The summed E-state index contributed by atoms with van der Waals surface area (Å²) < 4.78 is 21.8. The monoisotopic (exact) mass is 414 g/mol. The number of likely N-dealkylation sites (tertiary alicyclic amines) is 1. The fourth-order valence-electron chi connectivity index (χ4n) is 3.31. The molecule has 0 N–H and O–H groups in total. The molecule has 1 aliphatic rings. The maximum atomic E-state index is 12.8. The molecule has 6 nitrogen and oxygen atoms in total. The van der Waals surface area contributed by atoms with Gasteiger partial charge < -0.3 is 9.64 Å². The van der Waals surface area contributed by atoms with Crippen molar-refractivity contribution >= 4 is 21.5 Å². The Morgan fingerprint density at radius 1 is 1.10 bits per heavy atom. The summed E-state index contributed by atoms with van der Waals surface area (Å²) in [7, 11) is -1.11. The van der Waals surface area contributed by atoms with Gasteiger partial charge in [-0.2, -0.15) is 4.36 Å². The van der Waals surface area contributed by atoms with E-state index < -0.39 is 15.6 Å². The first-order valence-corrected chi connectivity index (χ1v) is 11.6. The van der Waals surface area contributed by atoms with Gasteiger partial charge in [-0.15, -0.1) is 0 Å². The van der Waals surface area contributed by atoms with Crippen LogP contribution in [-0.4, -0.2) is 53.1 Å². The number of hydrogen-bond acceptors (Lipinski definition) is 4. The average molecular weight is 415 g/mol. The molecular weight excluding hydrogens is 388 g/mol. The third-order valence-electron chi connectivity index (χ3n) is 4.94. The van der Waals surface area contributed by atoms with E-state index in [2.05, 4.69) is 4.36 Å². The van der Waals surface area contributed by atoms with Gasteiger partial charge in [0.05, 0.1) is 23.3 Å². The lowest BCUT2D eigenvalue weighted by Gasteiger charge is -2.39. The van der Waals surface area contributed by atoms with Crippen molar-refractivity contribution in [2.24, 2.45) is 10.3 Å². The largest absolute Gasteiger partial charge is 0.497 e. The molecular formula is C22H26N2O4S. The highest BCUT2D eigenvalue weighted by Crippen LogP contribution is 2.20. The number of carbonyl (C=O) groups is 2. The Balaban J connectivity index is 1.53. The molecule has 0 spiro atoms. The van der Waals surface area contributed by atoms with Crippen molar-refractivity contribution in [3.63, 3.8) is 0 Å². The zero-order valence-electron chi connectivity index (χ0n) is 17.0. The number of methoxy groups -OCH3 is 1. The van der Waals surface area contributed by atoms with Crippen LogP contribution in [0.15, 0.2) is 52.9 Å². The molecule has 1 aliphatic heterocycles. The maximum Gasteiger partial charge on any atom is 0.285 e. The lowest BCUT2D eigenvalue weighted by molar-refractivity contribution is -0.136. The van der Waals surface area contributed by atoms with Gasteiger partial charge in [0.1, 0.15) is 5.75 Å². The molecule has 3 rings (SSSR count). The number of carbonyl (C=O) groups excluding carboxylic acids is 2. The number of ether oxygens (including phenoxy) is 1. The quantitative estimate of drug-likeness (QED) is 0.728. The van der Waals surface area contributed by atoms with E-state index in [0.717, 1.165) is 11.1 Å². The Morgan fingerprint density at radius 2 is 1.72 bits per heavy atom. The van der Waals surface area contributed by atoms with E-state index in [0.29, 0.717) is 36.6 Å². The predicted octanol–water partition coefficient (Wildman–Crippen LogP) is 2.94. The van der Waals surface area contributed by atoms with Crippen molar-refractivity contribution in [1.82, 2.24) is 4.90 Å². The molecule has 154 valence electrons. The van der Waals surface area contributed by atoms with Crippen LogP contribution in [0, 0.1) is 12.8 Å². The molecule has 1 unspecified atom stereocenters. The minimum Gasteiger partial charge on any atom is -0.497 e. The van der Waals surface area contributed by atoms with Crippen molar-refractivity contribution in [1.29, 1.82) is 0 Å². The zero-order chi connectivity index (χ0) is 21.0. The fraction of sp³-hybridized carbons (Fsp3) is 0.364. The Bertz CT molecular complexity index is 1000. The van der Waals surface area contributed by atoms with Gasteiger partial charge in [-0.1, -0.05) is 29.8 Å². The molecule has 7 heteroatoms. The van der Waals surface area contributed by atoms with Gasteiger partial charge in [0.25, 0.3) is 5.91 Å². The maximum absolute atomic E-state index is 12.8. The van der Waals surface area contributed by atoms with E-state index in [4.69, 9.17) is 4.74 Å². The third-order valence-corrected chi connectivity index (χ3v) is 6.59. The van der Waals surface area contributed by atoms with E-state index in [1.165, 1.54) is 6.26 Å². The van der Waals surface area contributed by atoms with Gasteiger partial charge in [0.2, 0.25) is 5.91 Å². The SMILES string of the molecule is COc1ccc(C(=O)N=S(C)(=O)CC2CN(C(=O)Cc3ccc(C)cc3)C2)cc1. The van der Waals surface area contributed by atoms with Crippen LogP contribution >= 0.6 is 0 Å². The summed E-state index contributed by atoms with van der Waals surface area (Å²) in [5.74, 6) is 0.625. The fourth-order valence-corrected chi connectivity index (χ4v) is 4.92. The number of hydrogen-bond donors (Lipinski definition) is 0. The molecule has 0 aliphatic carbocycles. The van der Waals surface area contributed by atoms with Crippen molar-refractivity contribution in [2.45, 2.75) is 13.3 Å². The summed E-state index contributed by atoms with van der Waals surface area (Å²) >= 11 is 0. The standard InChI is InChI=1S/C22H26N2O4S/c1-16-4-6-17(7-5-16)12-21(25)24-13-18(14-24)15-29(3,27)23-22(26)19-8-10-20(28-2)11-9-19/h4-11,18H,12-15H2,1-3H3. The van der Waals surface area contributed by atoms with Crippen molar-refractivity contribution in [3.05, 3.63) is 65.2 Å². The molecule has 29 heavy (non-hydrogen) atoms. The van der Waals surface area contributed by atoms with Crippen LogP contribution in [0.1, 0.15) is 21.5 Å². The second-order valence-electron chi connectivity index (χ2n) is 7.58. The molecule has 2 aromatic carbocycles. The minimum absolute atomic E-state index is 0.0685. The van der Waals surface area contributed by atoms with Crippen LogP contribution in [-0.2, 0) is 20.9 Å². The molecule has 0 saturated carbocycles. The summed E-state index contributed by atoms with van der Waals surface area (Å²) in [6.45, 7) is 3.13. The van der Waals surface area contributed by atoms with Crippen LogP contribution in [0.2, 0.25) is 0 Å². The Hall–Kier alpha value is -2.67. The minimum atomic E-state index is -2.66. The third kappa shape index (κ3) is 5.67. The van der Waals surface area contributed by atoms with Crippen LogP contribution < -0.4 is 4.74 Å². The summed E-state index contributed by atoms with van der Waals surface area (Å²) in [5, 5.41) is 0. The highest BCUT2D eigenvalue weighted by atomic mass is 32.2. The topological polar surface area (TPSA) is 76.0 Å². The number of rotatable bonds is 6. The lowest BCUT2D eigenvalue weighted by Crippen LogP contribution is -2.52. The first-order valence-electron chi connectivity index (χ1n) is 9.47. The first kappa shape index (κ1) is 21.0. The molecule has 1 heterocycles. The van der Waals surface area contributed by atoms with Gasteiger partial charge in [-0.05, 0) is 36.8 Å². The molecule has 0 aromatic heterocycles. The average Bonchev–Trinajstić information content (AvgIpc) is 2.65. The van der Waals surface area contributed by atoms with E-state index in [9.17, 15) is 13.8 Å². The Labute approximate surface area is 172 Å². The van der Waals surface area contributed by atoms with Crippen molar-refractivity contribution < 1.29 is 18.5 Å². The molecule has 2 aromatic rings.